The van der Waals surface area contributed by atoms with Crippen LogP contribution in [-0.4, -0.2) is 19.2 Å². The zero-order valence-electron chi connectivity index (χ0n) is 10.5. The van der Waals surface area contributed by atoms with Gasteiger partial charge < -0.3 is 15.2 Å². The summed E-state index contributed by atoms with van der Waals surface area (Å²) in [6, 6.07) is 4.88. The first-order valence-electron chi connectivity index (χ1n) is 5.73. The predicted octanol–water partition coefficient (Wildman–Crippen LogP) is 2.62. The van der Waals surface area contributed by atoms with Gasteiger partial charge in [0.2, 0.25) is 0 Å². The molecule has 0 spiro atoms. The van der Waals surface area contributed by atoms with E-state index in [9.17, 15) is 4.79 Å². The Morgan fingerprint density at radius 1 is 1.47 bits per heavy atom. The molecule has 0 aromatic heterocycles. The highest BCUT2D eigenvalue weighted by atomic mass is 16.5. The SMILES string of the molecule is CCCC(C)OC(=O)c1ccc(OC)c(N)c1. The van der Waals surface area contributed by atoms with Crippen LogP contribution in [-0.2, 0) is 4.74 Å². The zero-order valence-corrected chi connectivity index (χ0v) is 10.5. The number of nitrogens with two attached hydrogens (primary N) is 1. The number of carbonyl (C=O) groups excluding carboxylic acids is 1. The van der Waals surface area contributed by atoms with Gasteiger partial charge in [0.1, 0.15) is 5.75 Å². The lowest BCUT2D eigenvalue weighted by Gasteiger charge is -2.12. The van der Waals surface area contributed by atoms with Crippen LogP contribution in [0.4, 0.5) is 5.69 Å². The van der Waals surface area contributed by atoms with Crippen LogP contribution in [0.2, 0.25) is 0 Å². The van der Waals surface area contributed by atoms with Gasteiger partial charge in [-0.3, -0.25) is 0 Å². The van der Waals surface area contributed by atoms with Gasteiger partial charge in [0.25, 0.3) is 0 Å². The first kappa shape index (κ1) is 13.4. The Labute approximate surface area is 102 Å². The van der Waals surface area contributed by atoms with Crippen molar-refractivity contribution in [3.63, 3.8) is 0 Å². The summed E-state index contributed by atoms with van der Waals surface area (Å²) in [5.74, 6) is 0.212. The Hall–Kier alpha value is -1.71. The highest BCUT2D eigenvalue weighted by Gasteiger charge is 2.12. The maximum atomic E-state index is 11.8. The van der Waals surface area contributed by atoms with E-state index >= 15 is 0 Å². The third-order valence-electron chi connectivity index (χ3n) is 2.47. The number of ether oxygens (including phenoxy) is 2. The van der Waals surface area contributed by atoms with Crippen LogP contribution < -0.4 is 10.5 Å². The molecule has 0 aliphatic heterocycles. The van der Waals surface area contributed by atoms with E-state index in [1.165, 1.54) is 7.11 Å². The Bertz CT molecular complexity index is 390. The molecule has 0 aliphatic carbocycles. The first-order chi connectivity index (χ1) is 8.08. The number of carbonyl (C=O) groups is 1. The molecule has 0 aliphatic rings. The second-order valence-corrected chi connectivity index (χ2v) is 3.96. The maximum Gasteiger partial charge on any atom is 0.338 e. The fraction of sp³-hybridized carbons (Fsp3) is 0.462. The van der Waals surface area contributed by atoms with Crippen LogP contribution in [0.25, 0.3) is 0 Å². The summed E-state index contributed by atoms with van der Waals surface area (Å²) in [6.07, 6.45) is 1.77. The van der Waals surface area contributed by atoms with Gasteiger partial charge in [0.05, 0.1) is 24.5 Å². The molecule has 0 fully saturated rings. The number of benzene rings is 1. The van der Waals surface area contributed by atoms with Gasteiger partial charge in [-0.25, -0.2) is 4.79 Å². The molecule has 4 heteroatoms. The molecule has 0 amide bonds. The predicted molar refractivity (Wildman–Crippen MR) is 67.2 cm³/mol. The number of nitrogen functional groups attached to an aromatic ring is 1. The number of anilines is 1. The molecule has 2 N–H and O–H groups in total. The highest BCUT2D eigenvalue weighted by Crippen LogP contribution is 2.22. The van der Waals surface area contributed by atoms with E-state index in [0.717, 1.165) is 12.8 Å². The average Bonchev–Trinajstić information content (AvgIpc) is 2.29. The van der Waals surface area contributed by atoms with E-state index < -0.39 is 0 Å². The van der Waals surface area contributed by atoms with E-state index in [4.69, 9.17) is 15.2 Å². The van der Waals surface area contributed by atoms with E-state index in [-0.39, 0.29) is 12.1 Å². The monoisotopic (exact) mass is 237 g/mol. The average molecular weight is 237 g/mol. The molecule has 1 rings (SSSR count). The summed E-state index contributed by atoms with van der Waals surface area (Å²) in [4.78, 5) is 11.8. The molecular formula is C13H19NO3. The summed E-state index contributed by atoms with van der Waals surface area (Å²) in [5.41, 5.74) is 6.61. The lowest BCUT2D eigenvalue weighted by Crippen LogP contribution is -2.15. The van der Waals surface area contributed by atoms with E-state index in [2.05, 4.69) is 6.92 Å². The van der Waals surface area contributed by atoms with Crippen molar-refractivity contribution in [3.8, 4) is 5.75 Å². The first-order valence-corrected chi connectivity index (χ1v) is 5.73. The van der Waals surface area contributed by atoms with Crippen LogP contribution in [0.3, 0.4) is 0 Å². The summed E-state index contributed by atoms with van der Waals surface area (Å²) in [7, 11) is 1.53. The molecule has 17 heavy (non-hydrogen) atoms. The second kappa shape index (κ2) is 6.13. The third-order valence-corrected chi connectivity index (χ3v) is 2.47. The molecule has 0 saturated carbocycles. The topological polar surface area (TPSA) is 61.5 Å². The molecule has 1 aromatic carbocycles. The van der Waals surface area contributed by atoms with E-state index in [1.54, 1.807) is 18.2 Å². The number of esters is 1. The van der Waals surface area contributed by atoms with Gasteiger partial charge in [-0.1, -0.05) is 13.3 Å². The lowest BCUT2D eigenvalue weighted by atomic mass is 10.2. The molecule has 0 heterocycles. The normalized spacial score (nSPS) is 11.9. The molecule has 4 nitrogen and oxygen atoms in total. The fourth-order valence-electron chi connectivity index (χ4n) is 1.58. The number of hydrogen-bond acceptors (Lipinski definition) is 4. The van der Waals surface area contributed by atoms with Crippen molar-refractivity contribution in [1.82, 2.24) is 0 Å². The molecular weight excluding hydrogens is 218 g/mol. The smallest absolute Gasteiger partial charge is 0.338 e. The van der Waals surface area contributed by atoms with Gasteiger partial charge in [-0.05, 0) is 31.5 Å². The van der Waals surface area contributed by atoms with Crippen LogP contribution >= 0.6 is 0 Å². The fourth-order valence-corrected chi connectivity index (χ4v) is 1.58. The van der Waals surface area contributed by atoms with Crippen molar-refractivity contribution in [2.45, 2.75) is 32.8 Å². The van der Waals surface area contributed by atoms with Crippen molar-refractivity contribution in [3.05, 3.63) is 23.8 Å². The largest absolute Gasteiger partial charge is 0.495 e. The van der Waals surface area contributed by atoms with Gasteiger partial charge in [0.15, 0.2) is 0 Å². The molecule has 0 bridgehead atoms. The molecule has 1 atom stereocenters. The zero-order chi connectivity index (χ0) is 12.8. The standard InChI is InChI=1S/C13H19NO3/c1-4-5-9(2)17-13(15)10-6-7-12(16-3)11(14)8-10/h6-9H,4-5,14H2,1-3H3. The lowest BCUT2D eigenvalue weighted by molar-refractivity contribution is 0.0323. The van der Waals surface area contributed by atoms with E-state index in [0.29, 0.717) is 17.0 Å². The van der Waals surface area contributed by atoms with Crippen molar-refractivity contribution >= 4 is 11.7 Å². The minimum absolute atomic E-state index is 0.0733. The van der Waals surface area contributed by atoms with Crippen LogP contribution in [0.15, 0.2) is 18.2 Å². The summed E-state index contributed by atoms with van der Waals surface area (Å²) in [5, 5.41) is 0. The molecule has 94 valence electrons. The Kier molecular flexibility index (Phi) is 4.82. The van der Waals surface area contributed by atoms with Crippen molar-refractivity contribution in [2.24, 2.45) is 0 Å². The van der Waals surface area contributed by atoms with Gasteiger partial charge in [0, 0.05) is 0 Å². The maximum absolute atomic E-state index is 11.8. The third kappa shape index (κ3) is 3.66. The van der Waals surface area contributed by atoms with E-state index in [1.807, 2.05) is 6.92 Å². The second-order valence-electron chi connectivity index (χ2n) is 3.96. The molecule has 0 radical (unpaired) electrons. The minimum atomic E-state index is -0.347. The Balaban J connectivity index is 2.72. The van der Waals surface area contributed by atoms with Crippen molar-refractivity contribution in [2.75, 3.05) is 12.8 Å². The molecule has 1 aromatic rings. The number of rotatable bonds is 5. The summed E-state index contributed by atoms with van der Waals surface area (Å²) < 4.78 is 10.3. The van der Waals surface area contributed by atoms with Crippen molar-refractivity contribution in [1.29, 1.82) is 0 Å². The molecule has 1 unspecified atom stereocenters. The highest BCUT2D eigenvalue weighted by molar-refractivity contribution is 5.91. The number of hydrogen-bond donors (Lipinski definition) is 1. The van der Waals surface area contributed by atoms with Gasteiger partial charge in [-0.15, -0.1) is 0 Å². The van der Waals surface area contributed by atoms with Crippen LogP contribution in [0, 0.1) is 0 Å². The summed E-state index contributed by atoms with van der Waals surface area (Å²) >= 11 is 0. The Morgan fingerprint density at radius 3 is 2.71 bits per heavy atom. The van der Waals surface area contributed by atoms with Crippen LogP contribution in [0.1, 0.15) is 37.0 Å². The molecule has 0 saturated heterocycles. The van der Waals surface area contributed by atoms with Crippen LogP contribution in [0.5, 0.6) is 5.75 Å². The van der Waals surface area contributed by atoms with Crippen molar-refractivity contribution < 1.29 is 14.3 Å². The summed E-state index contributed by atoms with van der Waals surface area (Å²) in [6.45, 7) is 3.93. The quantitative estimate of drug-likeness (QED) is 0.631. The number of methoxy groups -OCH3 is 1. The Morgan fingerprint density at radius 2 is 2.18 bits per heavy atom. The van der Waals surface area contributed by atoms with Gasteiger partial charge in [-0.2, -0.15) is 0 Å². The van der Waals surface area contributed by atoms with Gasteiger partial charge >= 0.3 is 5.97 Å². The minimum Gasteiger partial charge on any atom is -0.495 e.